The molecule has 1 aliphatic heterocycles. The van der Waals surface area contributed by atoms with Crippen molar-refractivity contribution in [3.63, 3.8) is 0 Å². The SMILES string of the molecule is Cc1cc(F)ccc1S(=O)(=O)NCC(=O)NCC1CN(C)C(=O)CO1. The lowest BCUT2D eigenvalue weighted by Gasteiger charge is -2.29. The number of rotatable bonds is 6. The van der Waals surface area contributed by atoms with E-state index in [0.717, 1.165) is 18.2 Å². The van der Waals surface area contributed by atoms with Gasteiger partial charge in [-0.05, 0) is 30.7 Å². The van der Waals surface area contributed by atoms with Gasteiger partial charge in [0.05, 0.1) is 17.5 Å². The first kappa shape index (κ1) is 19.3. The minimum Gasteiger partial charge on any atom is -0.365 e. The third-order valence-corrected chi connectivity index (χ3v) is 5.28. The van der Waals surface area contributed by atoms with Gasteiger partial charge >= 0.3 is 0 Å². The monoisotopic (exact) mass is 373 g/mol. The van der Waals surface area contributed by atoms with Crippen molar-refractivity contribution in [1.82, 2.24) is 14.9 Å². The number of ether oxygens (including phenoxy) is 1. The number of halogens is 1. The summed E-state index contributed by atoms with van der Waals surface area (Å²) in [5, 5.41) is 2.55. The third kappa shape index (κ3) is 5.21. The van der Waals surface area contributed by atoms with Gasteiger partial charge in [0.2, 0.25) is 21.8 Å². The number of likely N-dealkylation sites (N-methyl/N-ethyl adjacent to an activating group) is 1. The van der Waals surface area contributed by atoms with Crippen LogP contribution in [0, 0.1) is 12.7 Å². The van der Waals surface area contributed by atoms with Crippen molar-refractivity contribution >= 4 is 21.8 Å². The van der Waals surface area contributed by atoms with E-state index >= 15 is 0 Å². The van der Waals surface area contributed by atoms with Gasteiger partial charge in [-0.1, -0.05) is 0 Å². The number of carbonyl (C=O) groups excluding carboxylic acids is 2. The Hall–Kier alpha value is -2.04. The average Bonchev–Trinajstić information content (AvgIpc) is 2.54. The zero-order valence-electron chi connectivity index (χ0n) is 13.9. The Morgan fingerprint density at radius 1 is 1.44 bits per heavy atom. The Balaban J connectivity index is 1.84. The number of hydrogen-bond donors (Lipinski definition) is 2. The first-order chi connectivity index (χ1) is 11.7. The first-order valence-corrected chi connectivity index (χ1v) is 9.05. The molecular weight excluding hydrogens is 353 g/mol. The predicted molar refractivity (Wildman–Crippen MR) is 86.7 cm³/mol. The summed E-state index contributed by atoms with van der Waals surface area (Å²) in [6, 6.07) is 3.29. The van der Waals surface area contributed by atoms with Crippen LogP contribution < -0.4 is 10.0 Å². The predicted octanol–water partition coefficient (Wildman–Crippen LogP) is -0.614. The van der Waals surface area contributed by atoms with Crippen molar-refractivity contribution in [1.29, 1.82) is 0 Å². The normalized spacial score (nSPS) is 18.3. The highest BCUT2D eigenvalue weighted by Gasteiger charge is 2.24. The minimum absolute atomic E-state index is 0.0481. The van der Waals surface area contributed by atoms with Crippen molar-refractivity contribution < 1.29 is 27.1 Å². The summed E-state index contributed by atoms with van der Waals surface area (Å²) in [6.45, 7) is 1.47. The maximum absolute atomic E-state index is 13.1. The number of nitrogens with zero attached hydrogens (tertiary/aromatic N) is 1. The number of nitrogens with one attached hydrogen (secondary N) is 2. The fraction of sp³-hybridized carbons (Fsp3) is 0.467. The lowest BCUT2D eigenvalue weighted by Crippen LogP contribution is -2.49. The van der Waals surface area contributed by atoms with Gasteiger partial charge in [0.15, 0.2) is 0 Å². The summed E-state index contributed by atoms with van der Waals surface area (Å²) in [5.41, 5.74) is 0.246. The second-order valence-corrected chi connectivity index (χ2v) is 7.48. The van der Waals surface area contributed by atoms with E-state index in [-0.39, 0.29) is 35.6 Å². The Morgan fingerprint density at radius 3 is 2.80 bits per heavy atom. The summed E-state index contributed by atoms with van der Waals surface area (Å²) >= 11 is 0. The van der Waals surface area contributed by atoms with E-state index in [1.54, 1.807) is 7.05 Å². The zero-order chi connectivity index (χ0) is 18.6. The summed E-state index contributed by atoms with van der Waals surface area (Å²) in [7, 11) is -2.29. The van der Waals surface area contributed by atoms with Crippen molar-refractivity contribution in [2.75, 3.05) is 33.3 Å². The molecule has 1 aliphatic rings. The molecule has 1 atom stereocenters. The van der Waals surface area contributed by atoms with Crippen LogP contribution in [-0.4, -0.2) is 64.5 Å². The zero-order valence-corrected chi connectivity index (χ0v) is 14.7. The molecule has 2 rings (SSSR count). The molecular formula is C15H20FN3O5S. The quantitative estimate of drug-likeness (QED) is 0.692. The highest BCUT2D eigenvalue weighted by molar-refractivity contribution is 7.89. The fourth-order valence-corrected chi connectivity index (χ4v) is 3.53. The summed E-state index contributed by atoms with van der Waals surface area (Å²) in [6.07, 6.45) is -0.345. The molecule has 8 nitrogen and oxygen atoms in total. The van der Waals surface area contributed by atoms with Gasteiger partial charge in [-0.15, -0.1) is 0 Å². The Kier molecular flexibility index (Phi) is 6.09. The molecule has 10 heteroatoms. The molecule has 0 spiro atoms. The van der Waals surface area contributed by atoms with Crippen LogP contribution in [-0.2, 0) is 24.3 Å². The number of sulfonamides is 1. The van der Waals surface area contributed by atoms with E-state index in [2.05, 4.69) is 10.0 Å². The second-order valence-electron chi connectivity index (χ2n) is 5.75. The van der Waals surface area contributed by atoms with E-state index in [1.165, 1.54) is 11.8 Å². The lowest BCUT2D eigenvalue weighted by atomic mass is 10.2. The smallest absolute Gasteiger partial charge is 0.248 e. The van der Waals surface area contributed by atoms with Gasteiger partial charge in [0, 0.05) is 20.1 Å². The third-order valence-electron chi connectivity index (χ3n) is 3.72. The number of morpholine rings is 1. The van der Waals surface area contributed by atoms with Gasteiger partial charge in [0.25, 0.3) is 0 Å². The minimum atomic E-state index is -3.92. The molecule has 138 valence electrons. The molecule has 0 radical (unpaired) electrons. The maximum Gasteiger partial charge on any atom is 0.248 e. The summed E-state index contributed by atoms with van der Waals surface area (Å²) < 4.78 is 44.8. The highest BCUT2D eigenvalue weighted by Crippen LogP contribution is 2.15. The van der Waals surface area contributed by atoms with Crippen molar-refractivity contribution in [2.24, 2.45) is 0 Å². The van der Waals surface area contributed by atoms with Crippen LogP contribution in [0.5, 0.6) is 0 Å². The molecule has 1 fully saturated rings. The molecule has 0 bridgehead atoms. The second kappa shape index (κ2) is 7.89. The first-order valence-electron chi connectivity index (χ1n) is 7.57. The van der Waals surface area contributed by atoms with Crippen LogP contribution >= 0.6 is 0 Å². The van der Waals surface area contributed by atoms with Crippen LogP contribution in [0.2, 0.25) is 0 Å². The lowest BCUT2D eigenvalue weighted by molar-refractivity contribution is -0.146. The Labute approximate surface area is 145 Å². The van der Waals surface area contributed by atoms with Crippen molar-refractivity contribution in [3.05, 3.63) is 29.6 Å². The highest BCUT2D eigenvalue weighted by atomic mass is 32.2. The van der Waals surface area contributed by atoms with Crippen LogP contribution in [0.4, 0.5) is 4.39 Å². The van der Waals surface area contributed by atoms with E-state index in [1.807, 2.05) is 0 Å². The van der Waals surface area contributed by atoms with Crippen LogP contribution in [0.3, 0.4) is 0 Å². The van der Waals surface area contributed by atoms with Crippen molar-refractivity contribution in [3.8, 4) is 0 Å². The van der Waals surface area contributed by atoms with Gasteiger partial charge in [0.1, 0.15) is 12.4 Å². The average molecular weight is 373 g/mol. The van der Waals surface area contributed by atoms with Crippen LogP contribution in [0.1, 0.15) is 5.56 Å². The van der Waals surface area contributed by atoms with Gasteiger partial charge in [-0.3, -0.25) is 9.59 Å². The van der Waals surface area contributed by atoms with Crippen LogP contribution in [0.25, 0.3) is 0 Å². The number of aryl methyl sites for hydroxylation is 1. The molecule has 0 aromatic heterocycles. The number of carbonyl (C=O) groups is 2. The van der Waals surface area contributed by atoms with E-state index in [4.69, 9.17) is 4.74 Å². The number of amides is 2. The molecule has 2 amide bonds. The largest absolute Gasteiger partial charge is 0.365 e. The fourth-order valence-electron chi connectivity index (χ4n) is 2.33. The van der Waals surface area contributed by atoms with E-state index in [9.17, 15) is 22.4 Å². The number of hydrogen-bond acceptors (Lipinski definition) is 5. The number of benzene rings is 1. The molecule has 25 heavy (non-hydrogen) atoms. The Morgan fingerprint density at radius 2 is 2.16 bits per heavy atom. The van der Waals surface area contributed by atoms with Gasteiger partial charge in [-0.25, -0.2) is 17.5 Å². The van der Waals surface area contributed by atoms with E-state index < -0.39 is 28.3 Å². The van der Waals surface area contributed by atoms with Gasteiger partial charge < -0.3 is 15.0 Å². The molecule has 1 heterocycles. The summed E-state index contributed by atoms with van der Waals surface area (Å²) in [5.74, 6) is -1.21. The molecule has 0 aliphatic carbocycles. The molecule has 1 aromatic carbocycles. The van der Waals surface area contributed by atoms with E-state index in [0.29, 0.717) is 6.54 Å². The topological polar surface area (TPSA) is 105 Å². The molecule has 1 unspecified atom stereocenters. The molecule has 0 saturated carbocycles. The Bertz CT molecular complexity index is 768. The maximum atomic E-state index is 13.1. The van der Waals surface area contributed by atoms with Gasteiger partial charge in [-0.2, -0.15) is 0 Å². The molecule has 1 aromatic rings. The molecule has 1 saturated heterocycles. The van der Waals surface area contributed by atoms with Crippen molar-refractivity contribution in [2.45, 2.75) is 17.9 Å². The van der Waals surface area contributed by atoms with Crippen LogP contribution in [0.15, 0.2) is 23.1 Å². The summed E-state index contributed by atoms with van der Waals surface area (Å²) in [4.78, 5) is 24.5. The molecule has 2 N–H and O–H groups in total. The standard InChI is InChI=1S/C15H20FN3O5S/c1-10-5-11(16)3-4-13(10)25(22,23)18-7-14(20)17-6-12-8-19(2)15(21)9-24-12/h3-5,12,18H,6-9H2,1-2H3,(H,17,20).